The molecule has 6 aliphatic rings. The molecular weight excluding hydrogens is 1860 g/mol. The molecule has 24 bridgehead atoms. The minimum absolute atomic E-state index is 0. The third-order valence-corrected chi connectivity index (χ3v) is 26.6. The number of allylic oxidation sites excluding steroid dienone is 12. The summed E-state index contributed by atoms with van der Waals surface area (Å²) in [6.45, 7) is 41.7. The number of carboxylic acids is 6. The molecule has 32 heteroatoms. The van der Waals surface area contributed by atoms with Gasteiger partial charge >= 0.3 is 34.1 Å². The summed E-state index contributed by atoms with van der Waals surface area (Å²) in [5.74, 6) is -6.97. The molecule has 9 aromatic rings. The van der Waals surface area contributed by atoms with E-state index in [0.29, 0.717) is 68.3 Å². The second-order valence-corrected chi connectivity index (χ2v) is 35.1. The average Bonchev–Trinajstić information content (AvgIpc) is 1.62. The van der Waals surface area contributed by atoms with Gasteiger partial charge in [-0.05, 0) is 354 Å². The van der Waals surface area contributed by atoms with Crippen LogP contribution in [0.25, 0.3) is 151 Å². The summed E-state index contributed by atoms with van der Waals surface area (Å²) >= 11 is 0. The average molecular weight is 1980 g/mol. The number of fused-ring (bicyclic) bond motifs is 24. The second-order valence-electron chi connectivity index (χ2n) is 35.1. The Morgan fingerprint density at radius 1 is 0.279 bits per heavy atom. The van der Waals surface area contributed by atoms with E-state index in [4.69, 9.17) is 44.1 Å². The van der Waals surface area contributed by atoms with Crippen LogP contribution in [0.2, 0.25) is 0 Å². The van der Waals surface area contributed by atoms with E-state index in [0.717, 1.165) is 200 Å². The van der Waals surface area contributed by atoms with Crippen LogP contribution >= 0.6 is 0 Å². The predicted molar refractivity (Wildman–Crippen MR) is 526 cm³/mol. The summed E-state index contributed by atoms with van der Waals surface area (Å²) in [5.41, 5.74) is 38.2. The Morgan fingerprint density at radius 2 is 0.450 bits per heavy atom. The summed E-state index contributed by atoms with van der Waals surface area (Å²) in [4.78, 5) is 120. The van der Waals surface area contributed by atoms with Gasteiger partial charge in [0, 0.05) is 135 Å². The summed E-state index contributed by atoms with van der Waals surface area (Å²) in [7, 11) is 0. The van der Waals surface area contributed by atoms with Crippen molar-refractivity contribution < 1.29 is 123 Å². The number of ether oxygens (including phenoxy) is 3. The molecule has 30 nitrogen and oxygen atoms in total. The van der Waals surface area contributed by atoms with E-state index in [9.17, 15) is 74.7 Å². The number of aromatic nitrogens is 12. The number of aliphatic hydroxyl groups excluding tert-OH is 3. The van der Waals surface area contributed by atoms with Gasteiger partial charge < -0.3 is 119 Å². The van der Waals surface area contributed by atoms with Gasteiger partial charge in [0.15, 0.2) is 0 Å². The topological polar surface area (TPSA) is 501 Å². The number of carbonyl (C=O) groups is 6. The van der Waals surface area contributed by atoms with E-state index in [1.54, 1.807) is 0 Å². The molecule has 0 fully saturated rings. The standard InChI is InChI=1S/3C36H40N4O6.2Mn/c3*1-7-23-18(2)26-14-27-19(3)24(8-10-34(42)43)31(38-27)17-32-25(9-11-35(44)45)20(4)28(39-32)16-33-36(22(6)46-13-12-41)21(5)29(40-33)15-30(23)37-26;;/h3*7,14-17,22,37,40-41H,1,8-13H2,2-6H3,(H,42,43)(H,44,45);;/q;;;2*+3/p-6. The van der Waals surface area contributed by atoms with Gasteiger partial charge in [-0.2, -0.15) is 0 Å². The molecule has 9 N–H and O–H groups in total. The van der Waals surface area contributed by atoms with Crippen molar-refractivity contribution in [2.75, 3.05) is 39.6 Å². The third-order valence-electron chi connectivity index (χ3n) is 26.6. The van der Waals surface area contributed by atoms with Gasteiger partial charge in [-0.1, -0.05) is 38.0 Å². The normalized spacial score (nSPS) is 13.6. The Bertz CT molecular complexity index is 6620. The van der Waals surface area contributed by atoms with Gasteiger partial charge in [-0.3, -0.25) is 0 Å². The monoisotopic (exact) mass is 1980 g/mol. The molecule has 0 spiro atoms. The Labute approximate surface area is 831 Å². The second kappa shape index (κ2) is 46.2. The van der Waals surface area contributed by atoms with Crippen molar-refractivity contribution in [3.63, 3.8) is 0 Å². The molecule has 3 unspecified atom stereocenters. The molecule has 15 heterocycles. The molecule has 0 radical (unpaired) electrons. The van der Waals surface area contributed by atoms with E-state index >= 15 is 0 Å². The molecule has 0 amide bonds. The van der Waals surface area contributed by atoms with Gasteiger partial charge in [-0.25, -0.2) is 29.9 Å². The number of hydrogen-bond acceptors (Lipinski definition) is 24. The van der Waals surface area contributed by atoms with Crippen LogP contribution in [0.3, 0.4) is 0 Å². The van der Waals surface area contributed by atoms with Crippen LogP contribution in [0.1, 0.15) is 293 Å². The van der Waals surface area contributed by atoms with Crippen LogP contribution in [-0.2, 0) is 77.1 Å². The largest absolute Gasteiger partial charge is 3.00 e. The Kier molecular flexibility index (Phi) is 35.3. The molecular formula is C108H114Mn2N12O18. The van der Waals surface area contributed by atoms with E-state index in [1.807, 2.05) is 195 Å². The maximum absolute atomic E-state index is 11.5. The van der Waals surface area contributed by atoms with Gasteiger partial charge in [0.2, 0.25) is 0 Å². The Balaban J connectivity index is 0.000000199. The first-order valence-corrected chi connectivity index (χ1v) is 46.0. The van der Waals surface area contributed by atoms with Crippen molar-refractivity contribution in [3.8, 4) is 0 Å². The SMILES string of the molecule is C=Cc1c(C)c2cc3nc(cc4nc(cc5[nH]c(cc1[nH]2)c(C)c5C(C)OCCO)C(C)=C4CCC(=O)[O-])C(CCC(=O)[O-])=C3C.C=Cc1c(C)c2cc3nc(cc4nc(cc5[nH]c(cc1[nH]2)c(C)c5C(C)OCCO)C(C)=C4CCC(=O)[O-])C(CCC(=O)[O-])=C3C.C=Cc1c(C)c2cc3nc(cc4nc(cc5[nH]c(cc1[nH]2)c(C)c5C(C)OCCO)C(C)=C4CCC(=O)[O-])C(CCC(=O)[O-])=C3C.[Mn+3].[Mn+3]. The van der Waals surface area contributed by atoms with Crippen molar-refractivity contribution in [2.24, 2.45) is 0 Å². The van der Waals surface area contributed by atoms with Crippen molar-refractivity contribution in [3.05, 3.63) is 228 Å². The zero-order chi connectivity index (χ0) is 99.9. The number of nitrogens with one attached hydrogen (secondary N) is 6. The van der Waals surface area contributed by atoms with Gasteiger partial charge in [0.05, 0.1) is 126 Å². The Hall–Kier alpha value is -13.4. The first kappa shape index (κ1) is 107. The van der Waals surface area contributed by atoms with Crippen molar-refractivity contribution in [1.82, 2.24) is 59.8 Å². The summed E-state index contributed by atoms with van der Waals surface area (Å²) in [6, 6.07) is 23.1. The quantitative estimate of drug-likeness (QED) is 0.0172. The Morgan fingerprint density at radius 3 is 0.621 bits per heavy atom. The molecule has 728 valence electrons. The zero-order valence-electron chi connectivity index (χ0n) is 81.1. The molecule has 15 rings (SSSR count). The fraction of sp³-hybridized carbons (Fsp3) is 0.333. The van der Waals surface area contributed by atoms with Crippen LogP contribution < -0.4 is 30.6 Å². The predicted octanol–water partition coefficient (Wildman–Crippen LogP) is 13.7. The fourth-order valence-corrected chi connectivity index (χ4v) is 19.0. The van der Waals surface area contributed by atoms with Gasteiger partial charge in [0.25, 0.3) is 0 Å². The number of aromatic amines is 6. The number of nitrogens with zero attached hydrogens (tertiary/aromatic N) is 6. The van der Waals surface area contributed by atoms with E-state index < -0.39 is 35.8 Å². The summed E-state index contributed by atoms with van der Waals surface area (Å²) < 4.78 is 17.9. The third kappa shape index (κ3) is 23.2. The number of aryl methyl sites for hydroxylation is 6. The number of carboxylic acid groups (broad SMARTS) is 6. The number of rotatable bonds is 33. The maximum Gasteiger partial charge on any atom is 3.00 e. The maximum atomic E-state index is 11.5. The molecule has 140 heavy (non-hydrogen) atoms. The molecule has 3 atom stereocenters. The number of H-pyrrole nitrogens is 6. The zero-order valence-corrected chi connectivity index (χ0v) is 83.5. The number of carbonyl (C=O) groups excluding carboxylic acids is 6. The minimum atomic E-state index is -1.17. The summed E-state index contributed by atoms with van der Waals surface area (Å²) in [6.07, 6.45) is 4.54. The van der Waals surface area contributed by atoms with Crippen LogP contribution in [0.4, 0.5) is 0 Å². The van der Waals surface area contributed by atoms with Crippen molar-refractivity contribution in [2.45, 2.75) is 199 Å². The molecule has 0 aliphatic carbocycles. The van der Waals surface area contributed by atoms with E-state index in [2.05, 4.69) is 49.6 Å². The number of aliphatic hydroxyl groups is 3. The first-order chi connectivity index (χ1) is 65.8. The van der Waals surface area contributed by atoms with E-state index in [-0.39, 0.29) is 169 Å². The molecule has 0 aromatic carbocycles. The molecule has 0 saturated heterocycles. The van der Waals surface area contributed by atoms with Crippen LogP contribution in [-0.4, -0.2) is 151 Å². The van der Waals surface area contributed by atoms with E-state index in [1.165, 1.54) is 0 Å². The van der Waals surface area contributed by atoms with Crippen LogP contribution in [0.15, 0.2) is 92.5 Å². The number of aliphatic carboxylic acids is 6. The van der Waals surface area contributed by atoms with Gasteiger partial charge in [-0.15, -0.1) is 0 Å². The fourth-order valence-electron chi connectivity index (χ4n) is 19.0. The van der Waals surface area contributed by atoms with Crippen LogP contribution in [0.5, 0.6) is 0 Å². The van der Waals surface area contributed by atoms with Gasteiger partial charge in [0.1, 0.15) is 0 Å². The molecule has 6 aliphatic heterocycles. The minimum Gasteiger partial charge on any atom is -0.550 e. The summed E-state index contributed by atoms with van der Waals surface area (Å²) in [5, 5.41) is 97.2. The van der Waals surface area contributed by atoms with Crippen molar-refractivity contribution >= 4 is 187 Å². The number of hydrogen-bond donors (Lipinski definition) is 9. The first-order valence-electron chi connectivity index (χ1n) is 46.0. The molecule has 0 saturated carbocycles. The van der Waals surface area contributed by atoms with Crippen LogP contribution in [0, 0.1) is 41.5 Å². The smallest absolute Gasteiger partial charge is 0.550 e. The van der Waals surface area contributed by atoms with Crippen molar-refractivity contribution in [1.29, 1.82) is 0 Å². The molecule has 9 aromatic heterocycles.